The van der Waals surface area contributed by atoms with E-state index >= 15 is 4.39 Å². The van der Waals surface area contributed by atoms with E-state index in [1.165, 1.54) is 12.1 Å². The van der Waals surface area contributed by atoms with E-state index in [0.717, 1.165) is 39.4 Å². The van der Waals surface area contributed by atoms with Crippen LogP contribution in [0, 0.1) is 12.7 Å². The molecule has 0 unspecified atom stereocenters. The van der Waals surface area contributed by atoms with E-state index in [1.807, 2.05) is 6.92 Å². The fourth-order valence-electron chi connectivity index (χ4n) is 6.81. The van der Waals surface area contributed by atoms with Gasteiger partial charge in [-0.3, -0.25) is 4.79 Å². The van der Waals surface area contributed by atoms with Crippen molar-refractivity contribution in [1.82, 2.24) is 20.2 Å². The SMILES string of the molecule is Cc1nc(N[C@H](C)c2cccc(C(F)F)c2F)c2c3c(c4c(c2n1)CCO4)[C@@]1(CCN(C(=O)CF)[C@H](C)C1)NC3. The van der Waals surface area contributed by atoms with E-state index in [4.69, 9.17) is 14.7 Å². The standard InChI is InChI=1S/C29H31F4N5O2/c1-14-11-29(8-9-38(14)21(39)12-30)23-20(13-34-29)22-25(19-7-10-40-26(19)23)36-16(3)37-28(22)35-15(2)17-5-4-6-18(24(17)31)27(32)33/h4-6,14-15,27,34H,7-13H2,1-3H3,(H,35,36,37)/t14-,15-,29+/m1/s1. The molecule has 0 bridgehead atoms. The van der Waals surface area contributed by atoms with Crippen LogP contribution in [0.25, 0.3) is 10.9 Å². The normalized spacial score (nSPS) is 22.5. The molecule has 1 aromatic heterocycles. The highest BCUT2D eigenvalue weighted by molar-refractivity contribution is 5.98. The van der Waals surface area contributed by atoms with Crippen LogP contribution in [-0.2, 0) is 23.3 Å². The summed E-state index contributed by atoms with van der Waals surface area (Å²) in [5.74, 6) is 0.382. The van der Waals surface area contributed by atoms with Crippen molar-refractivity contribution < 1.29 is 27.1 Å². The summed E-state index contributed by atoms with van der Waals surface area (Å²) in [7, 11) is 0. The molecule has 40 heavy (non-hydrogen) atoms. The number of benzene rings is 2. The lowest BCUT2D eigenvalue weighted by atomic mass is 9.77. The Kier molecular flexibility index (Phi) is 6.59. The van der Waals surface area contributed by atoms with Gasteiger partial charge in [0.1, 0.15) is 23.2 Å². The molecule has 1 spiro atoms. The highest BCUT2D eigenvalue weighted by Crippen LogP contribution is 2.52. The third-order valence-corrected chi connectivity index (χ3v) is 8.60. The molecule has 212 valence electrons. The number of halogens is 4. The number of amides is 1. The average Bonchev–Trinajstić information content (AvgIpc) is 3.53. The Balaban J connectivity index is 1.47. The highest BCUT2D eigenvalue weighted by atomic mass is 19.3. The first-order valence-electron chi connectivity index (χ1n) is 13.6. The van der Waals surface area contributed by atoms with Crippen molar-refractivity contribution in [3.63, 3.8) is 0 Å². The van der Waals surface area contributed by atoms with Crippen LogP contribution in [0.3, 0.4) is 0 Å². The van der Waals surface area contributed by atoms with Gasteiger partial charge in [-0.15, -0.1) is 0 Å². The van der Waals surface area contributed by atoms with E-state index in [1.54, 1.807) is 18.7 Å². The molecule has 0 saturated carbocycles. The predicted molar refractivity (Wildman–Crippen MR) is 142 cm³/mol. The minimum absolute atomic E-state index is 0.122. The topological polar surface area (TPSA) is 79.4 Å². The second kappa shape index (κ2) is 9.87. The minimum Gasteiger partial charge on any atom is -0.492 e. The third-order valence-electron chi connectivity index (χ3n) is 8.60. The number of fused-ring (bicyclic) bond motifs is 7. The fraction of sp³-hybridized carbons (Fsp3) is 0.483. The maximum Gasteiger partial charge on any atom is 0.266 e. The number of hydrogen-bond donors (Lipinski definition) is 2. The average molecular weight is 558 g/mol. The van der Waals surface area contributed by atoms with Crippen molar-refractivity contribution >= 4 is 22.6 Å². The first kappa shape index (κ1) is 26.7. The molecule has 4 heterocycles. The molecule has 0 radical (unpaired) electrons. The number of piperidine rings is 1. The smallest absolute Gasteiger partial charge is 0.266 e. The van der Waals surface area contributed by atoms with Crippen LogP contribution < -0.4 is 15.4 Å². The molecule has 6 rings (SSSR count). The van der Waals surface area contributed by atoms with Crippen molar-refractivity contribution in [3.8, 4) is 5.75 Å². The van der Waals surface area contributed by atoms with Crippen LogP contribution in [0.5, 0.6) is 5.75 Å². The zero-order valence-corrected chi connectivity index (χ0v) is 22.6. The number of carbonyl (C=O) groups is 1. The second-order valence-corrected chi connectivity index (χ2v) is 11.0. The van der Waals surface area contributed by atoms with Crippen LogP contribution in [0.4, 0.5) is 23.4 Å². The van der Waals surface area contributed by atoms with Crippen LogP contribution in [0.1, 0.15) is 72.8 Å². The van der Waals surface area contributed by atoms with Gasteiger partial charge in [0.15, 0.2) is 6.67 Å². The summed E-state index contributed by atoms with van der Waals surface area (Å²) in [5, 5.41) is 7.78. The van der Waals surface area contributed by atoms with Crippen LogP contribution >= 0.6 is 0 Å². The van der Waals surface area contributed by atoms with Crippen LogP contribution in [-0.4, -0.2) is 46.6 Å². The summed E-state index contributed by atoms with van der Waals surface area (Å²) in [5.41, 5.74) is 2.72. The number of likely N-dealkylation sites (tertiary alicyclic amines) is 1. The Hall–Kier alpha value is -3.47. The Morgan fingerprint density at radius 2 is 2.05 bits per heavy atom. The van der Waals surface area contributed by atoms with E-state index in [2.05, 4.69) is 10.6 Å². The predicted octanol–water partition coefficient (Wildman–Crippen LogP) is 5.40. The Morgan fingerprint density at radius 3 is 2.77 bits per heavy atom. The first-order valence-corrected chi connectivity index (χ1v) is 13.6. The van der Waals surface area contributed by atoms with Gasteiger partial charge < -0.3 is 20.3 Å². The van der Waals surface area contributed by atoms with Gasteiger partial charge in [-0.05, 0) is 39.2 Å². The molecule has 2 aromatic carbocycles. The third kappa shape index (κ3) is 4.08. The largest absolute Gasteiger partial charge is 0.492 e. The fourth-order valence-corrected chi connectivity index (χ4v) is 6.81. The number of nitrogens with one attached hydrogen (secondary N) is 2. The monoisotopic (exact) mass is 557 g/mol. The summed E-state index contributed by atoms with van der Waals surface area (Å²) in [6.07, 6.45) is -1.08. The number of alkyl halides is 3. The number of carbonyl (C=O) groups excluding carboxylic acids is 1. The molecule has 3 aliphatic rings. The van der Waals surface area contributed by atoms with Gasteiger partial charge in [-0.25, -0.2) is 27.5 Å². The number of anilines is 1. The minimum atomic E-state index is -2.92. The van der Waals surface area contributed by atoms with Gasteiger partial charge in [0.05, 0.1) is 29.3 Å². The lowest BCUT2D eigenvalue weighted by Gasteiger charge is -2.44. The van der Waals surface area contributed by atoms with Crippen molar-refractivity contribution in [2.24, 2.45) is 0 Å². The summed E-state index contributed by atoms with van der Waals surface area (Å²) < 4.78 is 61.2. The van der Waals surface area contributed by atoms with Gasteiger partial charge in [0.2, 0.25) is 0 Å². The molecule has 0 aliphatic carbocycles. The number of hydrogen-bond acceptors (Lipinski definition) is 6. The Labute approximate surface area is 229 Å². The second-order valence-electron chi connectivity index (χ2n) is 11.0. The van der Waals surface area contributed by atoms with Gasteiger partial charge in [-0.2, -0.15) is 0 Å². The summed E-state index contributed by atoms with van der Waals surface area (Å²) in [4.78, 5) is 23.3. The maximum absolute atomic E-state index is 15.0. The number of aromatic nitrogens is 2. The number of nitrogens with zero attached hydrogens (tertiary/aromatic N) is 3. The molecule has 7 nitrogen and oxygen atoms in total. The highest BCUT2D eigenvalue weighted by Gasteiger charge is 2.49. The molecule has 1 amide bonds. The van der Waals surface area contributed by atoms with Crippen molar-refractivity contribution in [1.29, 1.82) is 0 Å². The molecule has 1 fully saturated rings. The molecule has 3 aromatic rings. The number of aryl methyl sites for hydroxylation is 1. The molecule has 1 saturated heterocycles. The number of ether oxygens (including phenoxy) is 1. The van der Waals surface area contributed by atoms with Gasteiger partial charge in [0.25, 0.3) is 12.3 Å². The molecule has 11 heteroatoms. The lowest BCUT2D eigenvalue weighted by Crippen LogP contribution is -2.54. The molecule has 2 N–H and O–H groups in total. The maximum atomic E-state index is 15.0. The van der Waals surface area contributed by atoms with E-state index in [-0.39, 0.29) is 11.6 Å². The van der Waals surface area contributed by atoms with Crippen molar-refractivity contribution in [3.05, 3.63) is 57.7 Å². The van der Waals surface area contributed by atoms with Gasteiger partial charge in [0, 0.05) is 47.6 Å². The first-order chi connectivity index (χ1) is 19.1. The Morgan fingerprint density at radius 1 is 1.27 bits per heavy atom. The van der Waals surface area contributed by atoms with E-state index < -0.39 is 42.0 Å². The van der Waals surface area contributed by atoms with Crippen molar-refractivity contribution in [2.45, 2.75) is 70.6 Å². The zero-order chi connectivity index (χ0) is 28.3. The van der Waals surface area contributed by atoms with Crippen LogP contribution in [0.2, 0.25) is 0 Å². The van der Waals surface area contributed by atoms with E-state index in [0.29, 0.717) is 50.6 Å². The van der Waals surface area contributed by atoms with Gasteiger partial charge >= 0.3 is 0 Å². The lowest BCUT2D eigenvalue weighted by molar-refractivity contribution is -0.136. The molecular weight excluding hydrogens is 526 g/mol. The summed E-state index contributed by atoms with van der Waals surface area (Å²) in [6, 6.07) is 3.18. The van der Waals surface area contributed by atoms with Crippen LogP contribution in [0.15, 0.2) is 18.2 Å². The summed E-state index contributed by atoms with van der Waals surface area (Å²) in [6.45, 7) is 5.82. The quantitative estimate of drug-likeness (QED) is 0.409. The van der Waals surface area contributed by atoms with Gasteiger partial charge in [-0.1, -0.05) is 18.2 Å². The molecule has 3 aliphatic heterocycles. The number of rotatable bonds is 5. The summed E-state index contributed by atoms with van der Waals surface area (Å²) >= 11 is 0. The Bertz CT molecular complexity index is 1520. The zero-order valence-electron chi connectivity index (χ0n) is 22.6. The van der Waals surface area contributed by atoms with E-state index in [9.17, 15) is 18.0 Å². The van der Waals surface area contributed by atoms with Crippen molar-refractivity contribution in [2.75, 3.05) is 25.1 Å². The molecular formula is C29H31F4N5O2. The molecule has 3 atom stereocenters.